The molecule has 0 saturated carbocycles. The van der Waals surface area contributed by atoms with Crippen LogP contribution in [-0.4, -0.2) is 24.9 Å². The molecule has 8 heteroatoms. The van der Waals surface area contributed by atoms with Gasteiger partial charge in [-0.1, -0.05) is 88.6 Å². The van der Waals surface area contributed by atoms with Crippen LogP contribution < -0.4 is 0 Å². The van der Waals surface area contributed by atoms with Gasteiger partial charge in [0, 0.05) is 12.2 Å². The fourth-order valence-electron chi connectivity index (χ4n) is 3.75. The standard InChI is InChI=1S/C22H23S.C8H15F3O3S/c1-22(2,3)18-14-16-21(17-15-18)23(19-10-6-4-7-11-19)20-12-8-5-9-13-20;9-8(10,11)6-4-2-1-3-5-7-15(12,13)14/h4-17H,1-3H3;1-7H2,(H,12,13,14)/q+1;/p-1. The monoisotopic (exact) mass is 566 g/mol. The molecule has 0 spiro atoms. The zero-order valence-electron chi connectivity index (χ0n) is 22.2. The second-order valence-corrected chi connectivity index (χ2v) is 13.7. The molecule has 208 valence electrons. The summed E-state index contributed by atoms with van der Waals surface area (Å²) in [6, 6.07) is 30.7. The molecule has 0 bridgehead atoms. The maximum absolute atomic E-state index is 11.7. The largest absolute Gasteiger partial charge is 0.748 e. The lowest BCUT2D eigenvalue weighted by Gasteiger charge is -2.19. The van der Waals surface area contributed by atoms with Gasteiger partial charge in [-0.2, -0.15) is 13.2 Å². The van der Waals surface area contributed by atoms with E-state index >= 15 is 0 Å². The van der Waals surface area contributed by atoms with Crippen molar-refractivity contribution in [2.24, 2.45) is 0 Å². The second kappa shape index (κ2) is 14.8. The SMILES string of the molecule is CC(C)(C)c1ccc([S+](c2ccccc2)c2ccccc2)cc1.O=S(=O)([O-])CCCCCCCC(F)(F)F. The number of halogens is 3. The van der Waals surface area contributed by atoms with Gasteiger partial charge in [0.05, 0.1) is 21.0 Å². The van der Waals surface area contributed by atoms with Gasteiger partial charge < -0.3 is 4.55 Å². The van der Waals surface area contributed by atoms with E-state index in [4.69, 9.17) is 0 Å². The van der Waals surface area contributed by atoms with Crippen LogP contribution in [0.2, 0.25) is 0 Å². The van der Waals surface area contributed by atoms with Gasteiger partial charge in [-0.15, -0.1) is 0 Å². The van der Waals surface area contributed by atoms with E-state index in [9.17, 15) is 26.1 Å². The van der Waals surface area contributed by atoms with E-state index in [2.05, 4.69) is 106 Å². The van der Waals surface area contributed by atoms with Crippen LogP contribution in [0.1, 0.15) is 64.9 Å². The molecule has 0 radical (unpaired) electrons. The highest BCUT2D eigenvalue weighted by Crippen LogP contribution is 2.32. The van der Waals surface area contributed by atoms with Crippen LogP contribution in [0.25, 0.3) is 0 Å². The second-order valence-electron chi connectivity index (χ2n) is 10.1. The molecule has 0 aliphatic rings. The Kier molecular flexibility index (Phi) is 12.4. The van der Waals surface area contributed by atoms with Gasteiger partial charge in [0.2, 0.25) is 0 Å². The number of alkyl halides is 3. The lowest BCUT2D eigenvalue weighted by molar-refractivity contribution is -0.135. The molecular weight excluding hydrogens is 529 g/mol. The van der Waals surface area contributed by atoms with Crippen molar-refractivity contribution in [3.8, 4) is 0 Å². The van der Waals surface area contributed by atoms with Crippen LogP contribution >= 0.6 is 0 Å². The average Bonchev–Trinajstić information content (AvgIpc) is 2.84. The Morgan fingerprint density at radius 1 is 0.658 bits per heavy atom. The summed E-state index contributed by atoms with van der Waals surface area (Å²) in [6.07, 6.45) is -3.18. The Morgan fingerprint density at radius 2 is 1.08 bits per heavy atom. The van der Waals surface area contributed by atoms with Crippen molar-refractivity contribution in [2.75, 3.05) is 5.75 Å². The summed E-state index contributed by atoms with van der Waals surface area (Å²) in [6.45, 7) is 6.78. The summed E-state index contributed by atoms with van der Waals surface area (Å²) in [5.41, 5.74) is 1.57. The fraction of sp³-hybridized carbons (Fsp3) is 0.400. The lowest BCUT2D eigenvalue weighted by atomic mass is 9.87. The summed E-state index contributed by atoms with van der Waals surface area (Å²) < 4.78 is 65.4. The molecule has 0 N–H and O–H groups in total. The Balaban J connectivity index is 0.000000296. The molecule has 3 rings (SSSR count). The Morgan fingerprint density at radius 3 is 1.50 bits per heavy atom. The van der Waals surface area contributed by atoms with E-state index in [0.29, 0.717) is 19.3 Å². The number of hydrogen-bond donors (Lipinski definition) is 0. The van der Waals surface area contributed by atoms with Crippen molar-refractivity contribution < 1.29 is 26.1 Å². The van der Waals surface area contributed by atoms with E-state index in [-0.39, 0.29) is 29.2 Å². The topological polar surface area (TPSA) is 57.2 Å². The third-order valence-electron chi connectivity index (χ3n) is 5.77. The average molecular weight is 567 g/mol. The van der Waals surface area contributed by atoms with Crippen molar-refractivity contribution in [1.29, 1.82) is 0 Å². The first-order valence-corrected chi connectivity index (χ1v) is 15.5. The fourth-order valence-corrected chi connectivity index (χ4v) is 6.39. The molecule has 3 nitrogen and oxygen atoms in total. The summed E-state index contributed by atoms with van der Waals surface area (Å²) >= 11 is 0. The lowest BCUT2D eigenvalue weighted by Crippen LogP contribution is -2.11. The summed E-state index contributed by atoms with van der Waals surface area (Å²) in [7, 11) is -4.22. The first-order valence-electron chi connectivity index (χ1n) is 12.7. The molecule has 38 heavy (non-hydrogen) atoms. The quantitative estimate of drug-likeness (QED) is 0.140. The molecule has 0 aliphatic carbocycles. The maximum Gasteiger partial charge on any atom is 0.389 e. The molecule has 3 aromatic carbocycles. The predicted molar refractivity (Wildman–Crippen MR) is 149 cm³/mol. The van der Waals surface area contributed by atoms with Gasteiger partial charge in [-0.25, -0.2) is 8.42 Å². The van der Waals surface area contributed by atoms with Crippen LogP contribution in [-0.2, 0) is 26.4 Å². The molecule has 0 saturated heterocycles. The summed E-state index contributed by atoms with van der Waals surface area (Å²) in [5, 5.41) is 0. The van der Waals surface area contributed by atoms with Crippen molar-refractivity contribution in [2.45, 2.75) is 85.6 Å². The number of unbranched alkanes of at least 4 members (excludes halogenated alkanes) is 4. The normalized spacial score (nSPS) is 12.2. The van der Waals surface area contributed by atoms with E-state index in [1.54, 1.807) is 0 Å². The number of benzene rings is 3. The van der Waals surface area contributed by atoms with E-state index in [1.165, 1.54) is 20.2 Å². The molecular formula is C30H37F3O3S2. The summed E-state index contributed by atoms with van der Waals surface area (Å²) in [5.74, 6) is -0.424. The van der Waals surface area contributed by atoms with Gasteiger partial charge >= 0.3 is 6.18 Å². The van der Waals surface area contributed by atoms with Crippen molar-refractivity contribution in [3.05, 3.63) is 90.5 Å². The molecule has 0 unspecified atom stereocenters. The predicted octanol–water partition coefficient (Wildman–Crippen LogP) is 8.51. The van der Waals surface area contributed by atoms with Crippen LogP contribution in [0.5, 0.6) is 0 Å². The zero-order valence-corrected chi connectivity index (χ0v) is 23.8. The number of hydrogen-bond acceptors (Lipinski definition) is 3. The summed E-state index contributed by atoms with van der Waals surface area (Å²) in [4.78, 5) is 4.10. The minimum absolute atomic E-state index is 0.0497. The minimum Gasteiger partial charge on any atom is -0.748 e. The smallest absolute Gasteiger partial charge is 0.389 e. The van der Waals surface area contributed by atoms with Crippen molar-refractivity contribution in [3.63, 3.8) is 0 Å². The van der Waals surface area contributed by atoms with Gasteiger partial charge in [-0.3, -0.25) is 0 Å². The van der Waals surface area contributed by atoms with E-state index in [1.807, 2.05) is 0 Å². The molecule has 0 fully saturated rings. The highest BCUT2D eigenvalue weighted by atomic mass is 32.2. The Bertz CT molecular complexity index is 1130. The van der Waals surface area contributed by atoms with Gasteiger partial charge in [-0.05, 0) is 60.2 Å². The molecule has 0 atom stereocenters. The Hall–Kier alpha value is -2.29. The van der Waals surface area contributed by atoms with Gasteiger partial charge in [0.25, 0.3) is 0 Å². The van der Waals surface area contributed by atoms with Crippen molar-refractivity contribution in [1.82, 2.24) is 0 Å². The molecule has 0 amide bonds. The maximum atomic E-state index is 11.7. The highest BCUT2D eigenvalue weighted by Gasteiger charge is 2.28. The number of rotatable bonds is 10. The van der Waals surface area contributed by atoms with Crippen LogP contribution in [0.4, 0.5) is 13.2 Å². The van der Waals surface area contributed by atoms with Gasteiger partial charge in [0.1, 0.15) is 0 Å². The molecule has 0 heterocycles. The van der Waals surface area contributed by atoms with Gasteiger partial charge in [0.15, 0.2) is 14.7 Å². The third-order valence-corrected chi connectivity index (χ3v) is 8.79. The van der Waals surface area contributed by atoms with E-state index in [0.717, 1.165) is 0 Å². The first kappa shape index (κ1) is 31.9. The van der Waals surface area contributed by atoms with Crippen LogP contribution in [0, 0.1) is 0 Å². The third kappa shape index (κ3) is 12.5. The Labute approximate surface area is 228 Å². The van der Waals surface area contributed by atoms with Crippen molar-refractivity contribution >= 4 is 21.0 Å². The molecule has 0 aliphatic heterocycles. The zero-order chi connectivity index (χ0) is 28.2. The first-order chi connectivity index (χ1) is 17.8. The molecule has 3 aromatic rings. The van der Waals surface area contributed by atoms with Crippen LogP contribution in [0.15, 0.2) is 99.6 Å². The van der Waals surface area contributed by atoms with Crippen LogP contribution in [0.3, 0.4) is 0 Å². The minimum atomic E-state index is -4.17. The highest BCUT2D eigenvalue weighted by molar-refractivity contribution is 7.97. The molecule has 0 aromatic heterocycles. The van der Waals surface area contributed by atoms with E-state index < -0.39 is 28.5 Å².